The van der Waals surface area contributed by atoms with E-state index in [1.807, 2.05) is 0 Å². The minimum Gasteiger partial charge on any atom is -0.451 e. The summed E-state index contributed by atoms with van der Waals surface area (Å²) in [5.41, 5.74) is 0.116. The van der Waals surface area contributed by atoms with Crippen LogP contribution in [-0.2, 0) is 4.79 Å². The SMILES string of the molecule is Cc1c(C(=O)N2CCC3(CC2)NC(=O)NC3=O)oc2ccc(F)cc12. The van der Waals surface area contributed by atoms with Crippen LogP contribution < -0.4 is 10.6 Å². The standard InChI is InChI=1S/C17H16FN3O4/c1-9-11-8-10(18)2-3-12(11)25-13(9)14(22)21-6-4-17(5-7-21)15(23)19-16(24)20-17/h2-3,8H,4-7H2,1H3,(H2,19,20,23,24). The van der Waals surface area contributed by atoms with Gasteiger partial charge in [0.1, 0.15) is 16.9 Å². The van der Waals surface area contributed by atoms with Crippen LogP contribution in [0.3, 0.4) is 0 Å². The number of fused-ring (bicyclic) bond motifs is 1. The molecule has 2 N–H and O–H groups in total. The number of aryl methyl sites for hydroxylation is 1. The van der Waals surface area contributed by atoms with Crippen LogP contribution in [0.1, 0.15) is 29.0 Å². The second-order valence-corrected chi connectivity index (χ2v) is 6.48. The molecule has 0 saturated carbocycles. The highest BCUT2D eigenvalue weighted by Crippen LogP contribution is 2.30. The third kappa shape index (κ3) is 2.36. The Morgan fingerprint density at radius 2 is 2.00 bits per heavy atom. The molecule has 2 aliphatic rings. The van der Waals surface area contributed by atoms with E-state index in [9.17, 15) is 18.8 Å². The summed E-state index contributed by atoms with van der Waals surface area (Å²) in [6.07, 6.45) is 0.675. The molecule has 4 amide bonds. The molecule has 2 fully saturated rings. The fraction of sp³-hybridized carbons (Fsp3) is 0.353. The molecule has 4 rings (SSSR count). The van der Waals surface area contributed by atoms with Crippen molar-refractivity contribution >= 4 is 28.8 Å². The second kappa shape index (κ2) is 5.30. The van der Waals surface area contributed by atoms with Gasteiger partial charge in [-0.3, -0.25) is 14.9 Å². The molecule has 2 aromatic rings. The van der Waals surface area contributed by atoms with E-state index < -0.39 is 17.4 Å². The van der Waals surface area contributed by atoms with Gasteiger partial charge in [-0.25, -0.2) is 9.18 Å². The van der Waals surface area contributed by atoms with Gasteiger partial charge in [0.25, 0.3) is 11.8 Å². The van der Waals surface area contributed by atoms with Crippen LogP contribution in [0.4, 0.5) is 9.18 Å². The molecule has 2 saturated heterocycles. The van der Waals surface area contributed by atoms with Crippen molar-refractivity contribution in [1.29, 1.82) is 0 Å². The summed E-state index contributed by atoms with van der Waals surface area (Å²) in [7, 11) is 0. The van der Waals surface area contributed by atoms with Crippen LogP contribution in [0.25, 0.3) is 11.0 Å². The number of amides is 4. The van der Waals surface area contributed by atoms with Crippen LogP contribution in [0.2, 0.25) is 0 Å². The van der Waals surface area contributed by atoms with Crippen molar-refractivity contribution in [2.75, 3.05) is 13.1 Å². The number of hydrogen-bond acceptors (Lipinski definition) is 4. The maximum atomic E-state index is 13.4. The molecule has 0 aliphatic carbocycles. The highest BCUT2D eigenvalue weighted by Gasteiger charge is 2.48. The molecule has 1 aromatic carbocycles. The molecule has 8 heteroatoms. The molecule has 1 spiro atoms. The van der Waals surface area contributed by atoms with Gasteiger partial charge in [-0.2, -0.15) is 0 Å². The van der Waals surface area contributed by atoms with E-state index in [1.165, 1.54) is 18.2 Å². The van der Waals surface area contributed by atoms with Gasteiger partial charge < -0.3 is 14.6 Å². The quantitative estimate of drug-likeness (QED) is 0.770. The third-order valence-electron chi connectivity index (χ3n) is 5.01. The van der Waals surface area contributed by atoms with Crippen LogP contribution in [0.5, 0.6) is 0 Å². The lowest BCUT2D eigenvalue weighted by Gasteiger charge is -2.36. The Hall–Kier alpha value is -2.90. The number of benzene rings is 1. The predicted octanol–water partition coefficient (Wildman–Crippen LogP) is 1.69. The van der Waals surface area contributed by atoms with Crippen LogP contribution in [0, 0.1) is 12.7 Å². The minimum atomic E-state index is -0.931. The largest absolute Gasteiger partial charge is 0.451 e. The van der Waals surface area contributed by atoms with E-state index in [0.29, 0.717) is 42.5 Å². The molecular formula is C17H16FN3O4. The maximum absolute atomic E-state index is 13.4. The zero-order valence-corrected chi connectivity index (χ0v) is 13.5. The van der Waals surface area contributed by atoms with Crippen molar-refractivity contribution in [3.8, 4) is 0 Å². The lowest BCUT2D eigenvalue weighted by atomic mass is 9.87. The zero-order valence-electron chi connectivity index (χ0n) is 13.5. The van der Waals surface area contributed by atoms with Crippen LogP contribution in [-0.4, -0.2) is 41.4 Å². The van der Waals surface area contributed by atoms with Crippen molar-refractivity contribution in [2.24, 2.45) is 0 Å². The van der Waals surface area contributed by atoms with Gasteiger partial charge in [-0.15, -0.1) is 0 Å². The average Bonchev–Trinajstić information content (AvgIpc) is 3.05. The van der Waals surface area contributed by atoms with Crippen molar-refractivity contribution < 1.29 is 23.2 Å². The van der Waals surface area contributed by atoms with E-state index in [2.05, 4.69) is 10.6 Å². The maximum Gasteiger partial charge on any atom is 0.322 e. The molecular weight excluding hydrogens is 329 g/mol. The summed E-state index contributed by atoms with van der Waals surface area (Å²) in [5, 5.41) is 5.46. The Morgan fingerprint density at radius 1 is 1.28 bits per heavy atom. The van der Waals surface area contributed by atoms with E-state index in [0.717, 1.165) is 0 Å². The zero-order chi connectivity index (χ0) is 17.8. The van der Waals surface area contributed by atoms with E-state index in [4.69, 9.17) is 4.42 Å². The summed E-state index contributed by atoms with van der Waals surface area (Å²) in [6.45, 7) is 2.35. The first-order valence-electron chi connectivity index (χ1n) is 8.01. The normalized spacial score (nSPS) is 19.4. The first-order chi connectivity index (χ1) is 11.9. The molecule has 1 aromatic heterocycles. The minimum absolute atomic E-state index is 0.177. The summed E-state index contributed by atoms with van der Waals surface area (Å²) in [4.78, 5) is 37.7. The summed E-state index contributed by atoms with van der Waals surface area (Å²) in [5.74, 6) is -0.858. The number of carbonyl (C=O) groups is 3. The Bertz CT molecular complexity index is 912. The second-order valence-electron chi connectivity index (χ2n) is 6.48. The highest BCUT2D eigenvalue weighted by molar-refractivity contribution is 6.07. The number of nitrogens with zero attached hydrogens (tertiary/aromatic N) is 1. The monoisotopic (exact) mass is 345 g/mol. The smallest absolute Gasteiger partial charge is 0.322 e. The Kier molecular flexibility index (Phi) is 3.31. The number of imide groups is 1. The van der Waals surface area contributed by atoms with Crippen molar-refractivity contribution in [3.63, 3.8) is 0 Å². The molecule has 0 bridgehead atoms. The van der Waals surface area contributed by atoms with Crippen LogP contribution >= 0.6 is 0 Å². The Balaban J connectivity index is 1.56. The number of urea groups is 1. The number of rotatable bonds is 1. The number of carbonyl (C=O) groups excluding carboxylic acids is 3. The van der Waals surface area contributed by atoms with Crippen molar-refractivity contribution in [3.05, 3.63) is 35.3 Å². The fourth-order valence-corrected chi connectivity index (χ4v) is 3.51. The number of hydrogen-bond donors (Lipinski definition) is 2. The number of likely N-dealkylation sites (tertiary alicyclic amines) is 1. The molecule has 0 radical (unpaired) electrons. The number of nitrogens with one attached hydrogen (secondary N) is 2. The molecule has 0 atom stereocenters. The Morgan fingerprint density at radius 3 is 2.64 bits per heavy atom. The van der Waals surface area contributed by atoms with Crippen LogP contribution in [0.15, 0.2) is 22.6 Å². The van der Waals surface area contributed by atoms with Gasteiger partial charge >= 0.3 is 6.03 Å². The topological polar surface area (TPSA) is 91.7 Å². The van der Waals surface area contributed by atoms with Crippen molar-refractivity contribution in [1.82, 2.24) is 15.5 Å². The molecule has 7 nitrogen and oxygen atoms in total. The Labute approximate surface area is 142 Å². The van der Waals surface area contributed by atoms with Gasteiger partial charge in [-0.1, -0.05) is 0 Å². The van der Waals surface area contributed by atoms with Gasteiger partial charge in [0.05, 0.1) is 0 Å². The van der Waals surface area contributed by atoms with Gasteiger partial charge in [0.15, 0.2) is 5.76 Å². The number of halogens is 1. The highest BCUT2D eigenvalue weighted by atomic mass is 19.1. The predicted molar refractivity (Wildman–Crippen MR) is 85.5 cm³/mol. The molecule has 3 heterocycles. The summed E-state index contributed by atoms with van der Waals surface area (Å²) < 4.78 is 19.0. The first-order valence-corrected chi connectivity index (χ1v) is 8.01. The molecule has 25 heavy (non-hydrogen) atoms. The van der Waals surface area contributed by atoms with E-state index in [-0.39, 0.29) is 17.6 Å². The third-order valence-corrected chi connectivity index (χ3v) is 5.01. The lowest BCUT2D eigenvalue weighted by molar-refractivity contribution is -0.125. The van der Waals surface area contributed by atoms with E-state index >= 15 is 0 Å². The average molecular weight is 345 g/mol. The van der Waals surface area contributed by atoms with Gasteiger partial charge in [-0.05, 0) is 38.0 Å². The molecule has 0 unspecified atom stereocenters. The van der Waals surface area contributed by atoms with Gasteiger partial charge in [0.2, 0.25) is 0 Å². The summed E-state index contributed by atoms with van der Waals surface area (Å²) >= 11 is 0. The summed E-state index contributed by atoms with van der Waals surface area (Å²) in [6, 6.07) is 3.62. The first kappa shape index (κ1) is 15.6. The molecule has 130 valence electrons. The van der Waals surface area contributed by atoms with Crippen molar-refractivity contribution in [2.45, 2.75) is 25.3 Å². The molecule has 2 aliphatic heterocycles. The lowest BCUT2D eigenvalue weighted by Crippen LogP contribution is -2.55. The number of furan rings is 1. The number of piperidine rings is 1. The fourth-order valence-electron chi connectivity index (χ4n) is 3.51. The van der Waals surface area contributed by atoms with E-state index in [1.54, 1.807) is 11.8 Å². The van der Waals surface area contributed by atoms with Gasteiger partial charge in [0, 0.05) is 24.0 Å².